The molecule has 2 heterocycles. The van der Waals surface area contributed by atoms with Gasteiger partial charge >= 0.3 is 0 Å². The van der Waals surface area contributed by atoms with Crippen molar-refractivity contribution in [1.29, 1.82) is 0 Å². The number of ketones is 1. The molecule has 0 spiro atoms. The highest BCUT2D eigenvalue weighted by Crippen LogP contribution is 2.31. The molecule has 3 aromatic carbocycles. The molecule has 1 aliphatic carbocycles. The SMILES string of the molecule is CN(C)c1nc(N[C@H]2CC[C@@H](CNC(=O)C(CC(=O)c3ccc(Br)cc3)c3c[nH]c4ccccc34)CC2)nc2ccccc12. The number of hydrogen-bond acceptors (Lipinski definition) is 6. The molecule has 1 aliphatic rings. The van der Waals surface area contributed by atoms with Gasteiger partial charge in [0.1, 0.15) is 5.82 Å². The van der Waals surface area contributed by atoms with E-state index in [0.717, 1.165) is 63.3 Å². The number of rotatable bonds is 10. The van der Waals surface area contributed by atoms with Crippen LogP contribution in [0.25, 0.3) is 21.8 Å². The molecule has 2 aromatic heterocycles. The van der Waals surface area contributed by atoms with Crippen LogP contribution >= 0.6 is 15.9 Å². The maximum Gasteiger partial charge on any atom is 0.228 e. The minimum Gasteiger partial charge on any atom is -0.362 e. The van der Waals surface area contributed by atoms with Crippen LogP contribution in [0, 0.1) is 5.92 Å². The van der Waals surface area contributed by atoms with Crippen LogP contribution in [0.15, 0.2) is 83.5 Å². The quantitative estimate of drug-likeness (QED) is 0.139. The summed E-state index contributed by atoms with van der Waals surface area (Å²) >= 11 is 3.43. The molecule has 8 nitrogen and oxygen atoms in total. The van der Waals surface area contributed by atoms with E-state index < -0.39 is 5.92 Å². The van der Waals surface area contributed by atoms with E-state index in [1.165, 1.54) is 0 Å². The van der Waals surface area contributed by atoms with Crippen molar-refractivity contribution in [3.05, 3.63) is 94.6 Å². The van der Waals surface area contributed by atoms with Crippen LogP contribution in [0.5, 0.6) is 0 Å². The van der Waals surface area contributed by atoms with Gasteiger partial charge in [-0.25, -0.2) is 4.98 Å². The highest BCUT2D eigenvalue weighted by Gasteiger charge is 2.29. The third-order valence-corrected chi connectivity index (χ3v) is 9.15. The largest absolute Gasteiger partial charge is 0.362 e. The van der Waals surface area contributed by atoms with Gasteiger partial charge in [-0.05, 0) is 67.5 Å². The van der Waals surface area contributed by atoms with Gasteiger partial charge < -0.3 is 20.5 Å². The summed E-state index contributed by atoms with van der Waals surface area (Å²) in [7, 11) is 4.00. The molecule has 1 atom stereocenters. The van der Waals surface area contributed by atoms with Gasteiger partial charge in [-0.1, -0.05) is 58.4 Å². The lowest BCUT2D eigenvalue weighted by molar-refractivity contribution is -0.122. The molecule has 5 aromatic rings. The van der Waals surface area contributed by atoms with Gasteiger partial charge in [0.25, 0.3) is 0 Å². The lowest BCUT2D eigenvalue weighted by atomic mass is 9.85. The topological polar surface area (TPSA) is 103 Å². The van der Waals surface area contributed by atoms with E-state index in [0.29, 0.717) is 24.0 Å². The molecular weight excluding hydrogens is 616 g/mol. The fourth-order valence-corrected chi connectivity index (χ4v) is 6.46. The van der Waals surface area contributed by atoms with Gasteiger partial charge in [-0.2, -0.15) is 4.98 Å². The summed E-state index contributed by atoms with van der Waals surface area (Å²) in [5.41, 5.74) is 3.33. The first kappa shape index (κ1) is 29.8. The van der Waals surface area contributed by atoms with E-state index >= 15 is 0 Å². The van der Waals surface area contributed by atoms with E-state index in [2.05, 4.69) is 31.5 Å². The predicted octanol–water partition coefficient (Wildman–Crippen LogP) is 7.08. The number of carbonyl (C=O) groups is 2. The van der Waals surface area contributed by atoms with Crippen LogP contribution < -0.4 is 15.5 Å². The Labute approximate surface area is 265 Å². The summed E-state index contributed by atoms with van der Waals surface area (Å²) in [5.74, 6) is 1.18. The average molecular weight is 654 g/mol. The molecule has 3 N–H and O–H groups in total. The van der Waals surface area contributed by atoms with Gasteiger partial charge in [0.05, 0.1) is 11.4 Å². The number of carbonyl (C=O) groups excluding carboxylic acids is 2. The minimum absolute atomic E-state index is 0.0529. The molecule has 1 saturated carbocycles. The number of H-pyrrole nitrogens is 1. The van der Waals surface area contributed by atoms with Crippen molar-refractivity contribution in [2.45, 2.75) is 44.1 Å². The van der Waals surface area contributed by atoms with Crippen molar-refractivity contribution in [2.24, 2.45) is 5.92 Å². The molecule has 226 valence electrons. The van der Waals surface area contributed by atoms with Crippen LogP contribution in [-0.2, 0) is 4.79 Å². The Morgan fingerprint density at radius 3 is 2.39 bits per heavy atom. The summed E-state index contributed by atoms with van der Waals surface area (Å²) in [6.07, 6.45) is 5.90. The smallest absolute Gasteiger partial charge is 0.228 e. The molecule has 44 heavy (non-hydrogen) atoms. The van der Waals surface area contributed by atoms with Crippen molar-refractivity contribution in [3.8, 4) is 0 Å². The van der Waals surface area contributed by atoms with Gasteiger partial charge in [0.2, 0.25) is 11.9 Å². The Morgan fingerprint density at radius 2 is 1.64 bits per heavy atom. The second-order valence-corrected chi connectivity index (χ2v) is 12.8. The third-order valence-electron chi connectivity index (χ3n) is 8.62. The molecule has 1 unspecified atom stereocenters. The number of hydrogen-bond donors (Lipinski definition) is 3. The lowest BCUT2D eigenvalue weighted by Gasteiger charge is -2.30. The Kier molecular flexibility index (Phi) is 8.93. The molecule has 0 saturated heterocycles. The first-order valence-corrected chi connectivity index (χ1v) is 16.0. The van der Waals surface area contributed by atoms with Crippen LogP contribution in [0.4, 0.5) is 11.8 Å². The van der Waals surface area contributed by atoms with E-state index in [1.807, 2.05) is 85.9 Å². The highest BCUT2D eigenvalue weighted by atomic mass is 79.9. The summed E-state index contributed by atoms with van der Waals surface area (Å²) in [5, 5.41) is 8.78. The number of amides is 1. The van der Waals surface area contributed by atoms with E-state index in [9.17, 15) is 9.59 Å². The zero-order valence-corrected chi connectivity index (χ0v) is 26.6. The Balaban J connectivity index is 1.09. The normalized spacial score (nSPS) is 17.3. The van der Waals surface area contributed by atoms with Gasteiger partial charge in [0.15, 0.2) is 5.78 Å². The van der Waals surface area contributed by atoms with Gasteiger partial charge in [-0.15, -0.1) is 0 Å². The Hall–Kier alpha value is -4.24. The summed E-state index contributed by atoms with van der Waals surface area (Å²) in [6.45, 7) is 0.591. The number of aromatic nitrogens is 3. The summed E-state index contributed by atoms with van der Waals surface area (Å²) in [6, 6.07) is 23.6. The molecule has 0 aliphatic heterocycles. The van der Waals surface area contributed by atoms with Gasteiger partial charge in [-0.3, -0.25) is 9.59 Å². The number of benzene rings is 3. The molecule has 1 amide bonds. The maximum absolute atomic E-state index is 13.7. The van der Waals surface area contributed by atoms with Crippen LogP contribution in [-0.4, -0.2) is 53.3 Å². The van der Waals surface area contributed by atoms with E-state index in [-0.39, 0.29) is 24.2 Å². The average Bonchev–Trinajstić information content (AvgIpc) is 3.47. The van der Waals surface area contributed by atoms with Crippen molar-refractivity contribution in [1.82, 2.24) is 20.3 Å². The highest BCUT2D eigenvalue weighted by molar-refractivity contribution is 9.10. The molecule has 9 heteroatoms. The van der Waals surface area contributed by atoms with Crippen molar-refractivity contribution in [2.75, 3.05) is 30.9 Å². The number of fused-ring (bicyclic) bond motifs is 2. The minimum atomic E-state index is -0.587. The zero-order chi connectivity index (χ0) is 30.6. The fourth-order valence-electron chi connectivity index (χ4n) is 6.19. The van der Waals surface area contributed by atoms with Crippen LogP contribution in [0.1, 0.15) is 53.9 Å². The second kappa shape index (κ2) is 13.2. The standard InChI is InChI=1S/C35H37BrN6O2/c1-42(2)33-27-8-4-6-10-31(27)40-35(41-33)39-25-17-11-22(12-18-25)20-38-34(44)28(19-32(43)23-13-15-24(36)16-14-23)29-21-37-30-9-5-3-7-26(29)30/h3-10,13-16,21-22,25,28,37H,11-12,17-20H2,1-2H3,(H,38,44)(H,39,40,41)/t22-,25+,28?. The summed E-state index contributed by atoms with van der Waals surface area (Å²) in [4.78, 5) is 41.9. The van der Waals surface area contributed by atoms with Crippen molar-refractivity contribution >= 4 is 61.2 Å². The molecule has 6 rings (SSSR count). The van der Waals surface area contributed by atoms with Crippen LogP contribution in [0.2, 0.25) is 0 Å². The fraction of sp³-hybridized carbons (Fsp3) is 0.314. The molecule has 0 radical (unpaired) electrons. The molecule has 1 fully saturated rings. The number of halogens is 1. The predicted molar refractivity (Wildman–Crippen MR) is 180 cm³/mol. The maximum atomic E-state index is 13.7. The van der Waals surface area contributed by atoms with E-state index in [1.54, 1.807) is 12.1 Å². The van der Waals surface area contributed by atoms with Crippen LogP contribution in [0.3, 0.4) is 0 Å². The molecular formula is C35H37BrN6O2. The zero-order valence-electron chi connectivity index (χ0n) is 25.0. The lowest BCUT2D eigenvalue weighted by Crippen LogP contribution is -2.37. The Bertz CT molecular complexity index is 1780. The van der Waals surface area contributed by atoms with Crippen molar-refractivity contribution in [3.63, 3.8) is 0 Å². The molecule has 0 bridgehead atoms. The second-order valence-electron chi connectivity index (χ2n) is 11.9. The number of anilines is 2. The summed E-state index contributed by atoms with van der Waals surface area (Å²) < 4.78 is 0.910. The number of para-hydroxylation sites is 2. The van der Waals surface area contributed by atoms with Gasteiger partial charge in [0, 0.05) is 65.6 Å². The number of nitrogens with zero attached hydrogens (tertiary/aromatic N) is 3. The van der Waals surface area contributed by atoms with E-state index in [4.69, 9.17) is 9.97 Å². The third kappa shape index (κ3) is 6.63. The number of aromatic amines is 1. The van der Waals surface area contributed by atoms with Crippen molar-refractivity contribution < 1.29 is 9.59 Å². The number of Topliss-reactive ketones (excluding diaryl/α,β-unsaturated/α-hetero) is 1. The monoisotopic (exact) mass is 652 g/mol. The number of nitrogens with one attached hydrogen (secondary N) is 3. The first-order valence-electron chi connectivity index (χ1n) is 15.2. The Morgan fingerprint density at radius 1 is 0.932 bits per heavy atom. The first-order chi connectivity index (χ1) is 21.4.